The highest BCUT2D eigenvalue weighted by molar-refractivity contribution is 5.95. The fourth-order valence-electron chi connectivity index (χ4n) is 2.65. The Hall–Kier alpha value is -3.00. The van der Waals surface area contributed by atoms with Crippen molar-refractivity contribution in [3.8, 4) is 0 Å². The molecule has 2 heterocycles. The van der Waals surface area contributed by atoms with Gasteiger partial charge in [-0.05, 0) is 18.2 Å². The molecule has 1 atom stereocenters. The predicted molar refractivity (Wildman–Crippen MR) is 89.7 cm³/mol. The molecule has 2 N–H and O–H groups in total. The van der Waals surface area contributed by atoms with Gasteiger partial charge in [0.05, 0.1) is 25.3 Å². The fourth-order valence-corrected chi connectivity index (χ4v) is 2.65. The van der Waals surface area contributed by atoms with Gasteiger partial charge in [0.15, 0.2) is 0 Å². The average Bonchev–Trinajstić information content (AvgIpc) is 2.62. The number of aliphatic carboxylic acids is 1. The van der Waals surface area contributed by atoms with E-state index in [0.29, 0.717) is 24.5 Å². The number of nitrogens with one attached hydrogen (secondary N) is 1. The van der Waals surface area contributed by atoms with E-state index in [9.17, 15) is 9.59 Å². The van der Waals surface area contributed by atoms with Crippen molar-refractivity contribution in [3.63, 3.8) is 0 Å². The van der Waals surface area contributed by atoms with Crippen molar-refractivity contribution in [2.75, 3.05) is 25.0 Å². The first-order chi connectivity index (χ1) is 12.1. The lowest BCUT2D eigenvalue weighted by atomic mass is 10.1. The molecule has 0 unspecified atom stereocenters. The summed E-state index contributed by atoms with van der Waals surface area (Å²) in [5.41, 5.74) is 1.24. The lowest BCUT2D eigenvalue weighted by molar-refractivity contribution is -0.141. The standard InChI is InChI=1S/C17H18N4O4/c22-16(23)9-14-11-21(6-7-25-14)17(24)12-2-1-3-13(8-12)20-15-10-18-4-5-19-15/h1-5,8,10,14H,6-7,9,11H2,(H,19,20)(H,22,23)/t14-/m0/s1. The van der Waals surface area contributed by atoms with Crippen molar-refractivity contribution in [2.45, 2.75) is 12.5 Å². The number of nitrogens with zero attached hydrogens (tertiary/aromatic N) is 3. The summed E-state index contributed by atoms with van der Waals surface area (Å²) in [5.74, 6) is -0.504. The number of hydrogen-bond donors (Lipinski definition) is 2. The average molecular weight is 342 g/mol. The number of rotatable bonds is 5. The Morgan fingerprint density at radius 3 is 3.00 bits per heavy atom. The van der Waals surface area contributed by atoms with Crippen LogP contribution in [0.15, 0.2) is 42.9 Å². The molecule has 0 aliphatic carbocycles. The van der Waals surface area contributed by atoms with Crippen LogP contribution >= 0.6 is 0 Å². The zero-order chi connectivity index (χ0) is 17.6. The number of benzene rings is 1. The summed E-state index contributed by atoms with van der Waals surface area (Å²) >= 11 is 0. The quantitative estimate of drug-likeness (QED) is 0.849. The topological polar surface area (TPSA) is 105 Å². The molecule has 1 aromatic heterocycles. The van der Waals surface area contributed by atoms with Gasteiger partial charge in [0.1, 0.15) is 5.82 Å². The lowest BCUT2D eigenvalue weighted by Gasteiger charge is -2.32. The number of carbonyl (C=O) groups excluding carboxylic acids is 1. The Labute approximate surface area is 144 Å². The minimum Gasteiger partial charge on any atom is -0.481 e. The Kier molecular flexibility index (Phi) is 5.20. The van der Waals surface area contributed by atoms with Gasteiger partial charge in [-0.3, -0.25) is 14.6 Å². The van der Waals surface area contributed by atoms with Gasteiger partial charge in [-0.25, -0.2) is 4.98 Å². The molecule has 1 fully saturated rings. The van der Waals surface area contributed by atoms with Crippen molar-refractivity contribution in [2.24, 2.45) is 0 Å². The second-order valence-electron chi connectivity index (χ2n) is 5.64. The first-order valence-electron chi connectivity index (χ1n) is 7.87. The van der Waals surface area contributed by atoms with Crippen molar-refractivity contribution in [1.82, 2.24) is 14.9 Å². The summed E-state index contributed by atoms with van der Waals surface area (Å²) in [6.45, 7) is 1.05. The molecular formula is C17H18N4O4. The third kappa shape index (κ3) is 4.51. The van der Waals surface area contributed by atoms with E-state index in [0.717, 1.165) is 5.69 Å². The van der Waals surface area contributed by atoms with Crippen molar-refractivity contribution < 1.29 is 19.4 Å². The van der Waals surface area contributed by atoms with Crippen LogP contribution in [0.3, 0.4) is 0 Å². The summed E-state index contributed by atoms with van der Waals surface area (Å²) in [5, 5.41) is 12.0. The molecule has 1 amide bonds. The Morgan fingerprint density at radius 1 is 1.36 bits per heavy atom. The predicted octanol–water partition coefficient (Wildman–Crippen LogP) is 1.54. The maximum atomic E-state index is 12.7. The van der Waals surface area contributed by atoms with Gasteiger partial charge in [0.2, 0.25) is 0 Å². The van der Waals surface area contributed by atoms with Crippen LogP contribution in [0.1, 0.15) is 16.8 Å². The summed E-state index contributed by atoms with van der Waals surface area (Å²) < 4.78 is 5.41. The Bertz CT molecular complexity index is 753. The van der Waals surface area contributed by atoms with Gasteiger partial charge in [-0.1, -0.05) is 6.07 Å². The zero-order valence-corrected chi connectivity index (χ0v) is 13.5. The second-order valence-corrected chi connectivity index (χ2v) is 5.64. The highest BCUT2D eigenvalue weighted by Crippen LogP contribution is 2.18. The van der Waals surface area contributed by atoms with Crippen LogP contribution < -0.4 is 5.32 Å². The SMILES string of the molecule is O=C(O)C[C@H]1CN(C(=O)c2cccc(Nc3cnccn3)c2)CCO1. The second kappa shape index (κ2) is 7.71. The van der Waals surface area contributed by atoms with Crippen LogP contribution in [0, 0.1) is 0 Å². The Balaban J connectivity index is 1.69. The Morgan fingerprint density at radius 2 is 2.24 bits per heavy atom. The van der Waals surface area contributed by atoms with Gasteiger partial charge >= 0.3 is 5.97 Å². The highest BCUT2D eigenvalue weighted by Gasteiger charge is 2.26. The minimum absolute atomic E-state index is 0.113. The van der Waals surface area contributed by atoms with E-state index in [2.05, 4.69) is 15.3 Å². The molecule has 0 spiro atoms. The molecule has 0 radical (unpaired) electrons. The number of ether oxygens (including phenoxy) is 1. The van der Waals surface area contributed by atoms with Gasteiger partial charge < -0.3 is 20.1 Å². The molecule has 1 aromatic carbocycles. The molecular weight excluding hydrogens is 324 g/mol. The maximum absolute atomic E-state index is 12.7. The van der Waals surface area contributed by atoms with E-state index >= 15 is 0 Å². The summed E-state index contributed by atoms with van der Waals surface area (Å²) in [7, 11) is 0. The van der Waals surface area contributed by atoms with E-state index in [4.69, 9.17) is 9.84 Å². The molecule has 2 aromatic rings. The van der Waals surface area contributed by atoms with Crippen LogP contribution in [-0.2, 0) is 9.53 Å². The minimum atomic E-state index is -0.936. The maximum Gasteiger partial charge on any atom is 0.306 e. The molecule has 8 nitrogen and oxygen atoms in total. The van der Waals surface area contributed by atoms with Crippen LogP contribution in [0.2, 0.25) is 0 Å². The van der Waals surface area contributed by atoms with E-state index in [1.54, 1.807) is 41.7 Å². The molecule has 1 saturated heterocycles. The van der Waals surface area contributed by atoms with Crippen LogP contribution in [0.4, 0.5) is 11.5 Å². The number of hydrogen-bond acceptors (Lipinski definition) is 6. The monoisotopic (exact) mass is 342 g/mol. The number of carboxylic acids is 1. The zero-order valence-electron chi connectivity index (χ0n) is 13.5. The van der Waals surface area contributed by atoms with Crippen molar-refractivity contribution in [3.05, 3.63) is 48.4 Å². The normalized spacial score (nSPS) is 17.1. The first kappa shape index (κ1) is 16.8. The van der Waals surface area contributed by atoms with Crippen molar-refractivity contribution in [1.29, 1.82) is 0 Å². The summed E-state index contributed by atoms with van der Waals surface area (Å²) in [6, 6.07) is 7.07. The molecule has 0 bridgehead atoms. The number of carboxylic acid groups (broad SMARTS) is 1. The largest absolute Gasteiger partial charge is 0.481 e. The molecule has 1 aliphatic rings. The number of amides is 1. The first-order valence-corrected chi connectivity index (χ1v) is 7.87. The molecule has 1 aliphatic heterocycles. The smallest absolute Gasteiger partial charge is 0.306 e. The number of aromatic nitrogens is 2. The molecule has 3 rings (SSSR count). The molecule has 130 valence electrons. The third-order valence-corrected chi connectivity index (χ3v) is 3.77. The van der Waals surface area contributed by atoms with Crippen LogP contribution in [0.5, 0.6) is 0 Å². The lowest BCUT2D eigenvalue weighted by Crippen LogP contribution is -2.46. The van der Waals surface area contributed by atoms with Gasteiger partial charge in [0.25, 0.3) is 5.91 Å². The number of carbonyl (C=O) groups is 2. The number of morpholine rings is 1. The third-order valence-electron chi connectivity index (χ3n) is 3.77. The van der Waals surface area contributed by atoms with Crippen LogP contribution in [0.25, 0.3) is 0 Å². The van der Waals surface area contributed by atoms with Gasteiger partial charge in [-0.15, -0.1) is 0 Å². The fraction of sp³-hybridized carbons (Fsp3) is 0.294. The molecule has 8 heteroatoms. The summed E-state index contributed by atoms with van der Waals surface area (Å²) in [4.78, 5) is 33.3. The van der Waals surface area contributed by atoms with E-state index < -0.39 is 12.1 Å². The van der Waals surface area contributed by atoms with E-state index in [1.165, 1.54) is 0 Å². The van der Waals surface area contributed by atoms with E-state index in [1.807, 2.05) is 6.07 Å². The highest BCUT2D eigenvalue weighted by atomic mass is 16.5. The molecule has 25 heavy (non-hydrogen) atoms. The summed E-state index contributed by atoms with van der Waals surface area (Å²) in [6.07, 6.45) is 4.16. The van der Waals surface area contributed by atoms with Gasteiger partial charge in [0, 0.05) is 36.7 Å². The van der Waals surface area contributed by atoms with Crippen LogP contribution in [-0.4, -0.2) is 57.7 Å². The van der Waals surface area contributed by atoms with E-state index in [-0.39, 0.29) is 18.9 Å². The van der Waals surface area contributed by atoms with Crippen molar-refractivity contribution >= 4 is 23.4 Å². The molecule has 0 saturated carbocycles. The number of anilines is 2. The van der Waals surface area contributed by atoms with Gasteiger partial charge in [-0.2, -0.15) is 0 Å².